The summed E-state index contributed by atoms with van der Waals surface area (Å²) in [5.74, 6) is 1.73. The Morgan fingerprint density at radius 3 is 3.08 bits per heavy atom. The van der Waals surface area contributed by atoms with Crippen LogP contribution in [0, 0.1) is 0 Å². The number of hydrogen-bond donors (Lipinski definition) is 1. The molecule has 0 saturated carbocycles. The maximum absolute atomic E-state index is 12.7. The van der Waals surface area contributed by atoms with E-state index in [1.165, 1.54) is 4.68 Å². The minimum atomic E-state index is -0.104. The van der Waals surface area contributed by atoms with E-state index in [1.807, 2.05) is 25.1 Å². The van der Waals surface area contributed by atoms with Gasteiger partial charge in [0.25, 0.3) is 0 Å². The first-order valence-corrected chi connectivity index (χ1v) is 9.00. The summed E-state index contributed by atoms with van der Waals surface area (Å²) in [4.78, 5) is 16.8. The van der Waals surface area contributed by atoms with Gasteiger partial charge in [0.15, 0.2) is 5.76 Å². The lowest BCUT2D eigenvalue weighted by atomic mass is 9.99. The zero-order chi connectivity index (χ0) is 17.9. The van der Waals surface area contributed by atoms with Gasteiger partial charge in [-0.3, -0.25) is 9.55 Å². The molecule has 1 aliphatic rings. The Bertz CT molecular complexity index is 921. The maximum atomic E-state index is 12.7. The molecule has 3 aromatic rings. The third-order valence-electron chi connectivity index (χ3n) is 4.75. The molecule has 0 spiro atoms. The van der Waals surface area contributed by atoms with Gasteiger partial charge in [0.1, 0.15) is 18.1 Å². The summed E-state index contributed by atoms with van der Waals surface area (Å²) >= 11 is 0. The van der Waals surface area contributed by atoms with Crippen LogP contribution in [0.5, 0.6) is 0 Å². The van der Waals surface area contributed by atoms with Gasteiger partial charge in [-0.25, -0.2) is 9.48 Å². The standard InChI is InChI=1S/C18H22N6O2/c1-2-23-17(14-6-4-8-20-11-14)21-24(18(23)25)12-15-9-16(22-26-15)13-5-3-7-19-10-13/h3,5,7,9-10,14,20H,2,4,6,8,11-12H2,1H3. The first kappa shape index (κ1) is 16.7. The van der Waals surface area contributed by atoms with Gasteiger partial charge >= 0.3 is 5.69 Å². The summed E-state index contributed by atoms with van der Waals surface area (Å²) in [5, 5.41) is 12.1. The van der Waals surface area contributed by atoms with Gasteiger partial charge < -0.3 is 9.84 Å². The molecule has 1 aliphatic heterocycles. The average Bonchev–Trinajstić information content (AvgIpc) is 3.28. The van der Waals surface area contributed by atoms with Crippen LogP contribution in [0.25, 0.3) is 11.3 Å². The number of piperidine rings is 1. The number of nitrogens with one attached hydrogen (secondary N) is 1. The molecule has 3 aromatic heterocycles. The molecule has 1 fully saturated rings. The van der Waals surface area contributed by atoms with Crippen molar-refractivity contribution in [3.63, 3.8) is 0 Å². The van der Waals surface area contributed by atoms with Crippen molar-refractivity contribution in [1.82, 2.24) is 29.8 Å². The molecular formula is C18H22N6O2. The van der Waals surface area contributed by atoms with Crippen molar-refractivity contribution in [3.8, 4) is 11.3 Å². The zero-order valence-corrected chi connectivity index (χ0v) is 14.8. The molecule has 4 rings (SSSR count). The highest BCUT2D eigenvalue weighted by molar-refractivity contribution is 5.57. The molecule has 1 unspecified atom stereocenters. The van der Waals surface area contributed by atoms with Crippen molar-refractivity contribution in [2.45, 2.75) is 38.8 Å². The van der Waals surface area contributed by atoms with Crippen LogP contribution in [0.15, 0.2) is 39.9 Å². The molecule has 8 heteroatoms. The van der Waals surface area contributed by atoms with Gasteiger partial charge in [-0.2, -0.15) is 5.10 Å². The number of nitrogens with zero attached hydrogens (tertiary/aromatic N) is 5. The van der Waals surface area contributed by atoms with Crippen molar-refractivity contribution in [1.29, 1.82) is 0 Å². The van der Waals surface area contributed by atoms with Gasteiger partial charge in [-0.15, -0.1) is 0 Å². The second-order valence-electron chi connectivity index (χ2n) is 6.51. The second-order valence-corrected chi connectivity index (χ2v) is 6.51. The molecule has 0 aromatic carbocycles. The van der Waals surface area contributed by atoms with Crippen LogP contribution in [0.1, 0.15) is 37.3 Å². The van der Waals surface area contributed by atoms with E-state index in [9.17, 15) is 4.79 Å². The Hall–Kier alpha value is -2.74. The highest BCUT2D eigenvalue weighted by Gasteiger charge is 2.23. The Morgan fingerprint density at radius 2 is 2.35 bits per heavy atom. The average molecular weight is 354 g/mol. The van der Waals surface area contributed by atoms with Crippen molar-refractivity contribution >= 4 is 0 Å². The second kappa shape index (κ2) is 7.25. The summed E-state index contributed by atoms with van der Waals surface area (Å²) in [5.41, 5.74) is 1.48. The van der Waals surface area contributed by atoms with Gasteiger partial charge in [-0.1, -0.05) is 5.16 Å². The minimum Gasteiger partial charge on any atom is -0.359 e. The van der Waals surface area contributed by atoms with Crippen LogP contribution in [0.3, 0.4) is 0 Å². The fourth-order valence-corrected chi connectivity index (χ4v) is 3.42. The van der Waals surface area contributed by atoms with E-state index in [1.54, 1.807) is 17.0 Å². The topological polar surface area (TPSA) is 90.8 Å². The lowest BCUT2D eigenvalue weighted by Crippen LogP contribution is -2.31. The van der Waals surface area contributed by atoms with Gasteiger partial charge in [-0.05, 0) is 38.4 Å². The molecule has 4 heterocycles. The van der Waals surface area contributed by atoms with Crippen LogP contribution >= 0.6 is 0 Å². The molecule has 0 aliphatic carbocycles. The monoisotopic (exact) mass is 354 g/mol. The third kappa shape index (κ3) is 3.20. The van der Waals surface area contributed by atoms with Crippen LogP contribution in [0.4, 0.5) is 0 Å². The van der Waals surface area contributed by atoms with Crippen LogP contribution in [-0.4, -0.2) is 37.6 Å². The van der Waals surface area contributed by atoms with Crippen LogP contribution < -0.4 is 11.0 Å². The lowest BCUT2D eigenvalue weighted by molar-refractivity contribution is 0.370. The first-order chi connectivity index (χ1) is 12.8. The Morgan fingerprint density at radius 1 is 1.42 bits per heavy atom. The van der Waals surface area contributed by atoms with E-state index in [0.29, 0.717) is 18.0 Å². The first-order valence-electron chi connectivity index (χ1n) is 9.00. The summed E-state index contributed by atoms with van der Waals surface area (Å²) in [6.45, 7) is 4.75. The third-order valence-corrected chi connectivity index (χ3v) is 4.75. The summed E-state index contributed by atoms with van der Waals surface area (Å²) < 4.78 is 8.64. The quantitative estimate of drug-likeness (QED) is 0.749. The number of aromatic nitrogens is 5. The molecule has 1 saturated heterocycles. The van der Waals surface area contributed by atoms with E-state index in [2.05, 4.69) is 20.6 Å². The number of rotatable bonds is 5. The maximum Gasteiger partial charge on any atom is 0.346 e. The molecule has 0 bridgehead atoms. The SMILES string of the molecule is CCn1c(C2CCCNC2)nn(Cc2cc(-c3cccnc3)no2)c1=O. The van der Waals surface area contributed by atoms with E-state index in [4.69, 9.17) is 4.52 Å². The van der Waals surface area contributed by atoms with Gasteiger partial charge in [0.05, 0.1) is 0 Å². The minimum absolute atomic E-state index is 0.104. The molecule has 136 valence electrons. The molecule has 8 nitrogen and oxygen atoms in total. The van der Waals surface area contributed by atoms with Crippen molar-refractivity contribution in [2.24, 2.45) is 0 Å². The Kier molecular flexibility index (Phi) is 4.66. The molecular weight excluding hydrogens is 332 g/mol. The number of pyridine rings is 1. The number of hydrogen-bond acceptors (Lipinski definition) is 6. The fraction of sp³-hybridized carbons (Fsp3) is 0.444. The van der Waals surface area contributed by atoms with Crippen LogP contribution in [-0.2, 0) is 13.1 Å². The van der Waals surface area contributed by atoms with Gasteiger partial charge in [0.2, 0.25) is 0 Å². The van der Waals surface area contributed by atoms with Gasteiger partial charge in [0, 0.05) is 43.0 Å². The van der Waals surface area contributed by atoms with Crippen molar-refractivity contribution < 1.29 is 4.52 Å². The Labute approximate surface area is 150 Å². The normalized spacial score (nSPS) is 17.5. The summed E-state index contributed by atoms with van der Waals surface area (Å²) in [6, 6.07) is 5.60. The van der Waals surface area contributed by atoms with Crippen molar-refractivity contribution in [3.05, 3.63) is 52.7 Å². The fourth-order valence-electron chi connectivity index (χ4n) is 3.42. The molecule has 26 heavy (non-hydrogen) atoms. The molecule has 0 amide bonds. The van der Waals surface area contributed by atoms with E-state index >= 15 is 0 Å². The predicted octanol–water partition coefficient (Wildman–Crippen LogP) is 1.63. The smallest absolute Gasteiger partial charge is 0.346 e. The van der Waals surface area contributed by atoms with E-state index in [-0.39, 0.29) is 18.2 Å². The van der Waals surface area contributed by atoms with E-state index in [0.717, 1.165) is 37.3 Å². The zero-order valence-electron chi connectivity index (χ0n) is 14.8. The molecule has 1 atom stereocenters. The largest absolute Gasteiger partial charge is 0.359 e. The highest BCUT2D eigenvalue weighted by atomic mass is 16.5. The highest BCUT2D eigenvalue weighted by Crippen LogP contribution is 2.21. The van der Waals surface area contributed by atoms with Crippen molar-refractivity contribution in [2.75, 3.05) is 13.1 Å². The van der Waals surface area contributed by atoms with Crippen LogP contribution in [0.2, 0.25) is 0 Å². The Balaban J connectivity index is 1.60. The summed E-state index contributed by atoms with van der Waals surface area (Å²) in [7, 11) is 0. The van der Waals surface area contributed by atoms with E-state index < -0.39 is 0 Å². The molecule has 1 N–H and O–H groups in total. The summed E-state index contributed by atoms with van der Waals surface area (Å²) in [6.07, 6.45) is 5.60. The predicted molar refractivity (Wildman–Crippen MR) is 95.8 cm³/mol. The molecule has 0 radical (unpaired) electrons. The lowest BCUT2D eigenvalue weighted by Gasteiger charge is -2.21.